The number of rotatable bonds is 2. The average Bonchev–Trinajstić information content (AvgIpc) is 3.01. The zero-order valence-corrected chi connectivity index (χ0v) is 8.72. The second-order valence-electron chi connectivity index (χ2n) is 4.24. The third-order valence-electron chi connectivity index (χ3n) is 3.25. The van der Waals surface area contributed by atoms with Gasteiger partial charge in [0.15, 0.2) is 5.82 Å². The van der Waals surface area contributed by atoms with Crippen molar-refractivity contribution in [2.75, 3.05) is 19.7 Å². The van der Waals surface area contributed by atoms with Crippen LogP contribution in [0, 0.1) is 0 Å². The molecule has 1 aromatic rings. The Labute approximate surface area is 88.8 Å². The Morgan fingerprint density at radius 2 is 2.47 bits per heavy atom. The van der Waals surface area contributed by atoms with Crippen molar-refractivity contribution in [1.82, 2.24) is 20.1 Å². The van der Waals surface area contributed by atoms with Crippen LogP contribution in [0.2, 0.25) is 0 Å². The first kappa shape index (κ1) is 9.30. The molecule has 3 heterocycles. The van der Waals surface area contributed by atoms with E-state index in [1.54, 1.807) is 0 Å². The van der Waals surface area contributed by atoms with Gasteiger partial charge >= 0.3 is 0 Å². The summed E-state index contributed by atoms with van der Waals surface area (Å²) in [7, 11) is 0. The molecule has 82 valence electrons. The Kier molecular flexibility index (Phi) is 2.42. The van der Waals surface area contributed by atoms with Crippen LogP contribution in [0.25, 0.3) is 0 Å². The molecule has 2 aliphatic rings. The molecule has 0 amide bonds. The molecule has 15 heavy (non-hydrogen) atoms. The normalized spacial score (nSPS) is 31.2. The summed E-state index contributed by atoms with van der Waals surface area (Å²) in [4.78, 5) is 0. The molecule has 5 heteroatoms. The molecule has 2 fully saturated rings. The summed E-state index contributed by atoms with van der Waals surface area (Å²) >= 11 is 0. The fourth-order valence-corrected chi connectivity index (χ4v) is 2.42. The molecule has 3 rings (SSSR count). The molecule has 0 bridgehead atoms. The lowest BCUT2D eigenvalue weighted by Gasteiger charge is -2.16. The number of nitrogens with zero attached hydrogens (tertiary/aromatic N) is 3. The van der Waals surface area contributed by atoms with E-state index in [9.17, 15) is 0 Å². The first-order chi connectivity index (χ1) is 7.45. The molecule has 0 saturated carbocycles. The van der Waals surface area contributed by atoms with Crippen molar-refractivity contribution in [2.24, 2.45) is 0 Å². The Hall–Kier alpha value is -0.940. The van der Waals surface area contributed by atoms with Gasteiger partial charge in [0.25, 0.3) is 0 Å². The van der Waals surface area contributed by atoms with Crippen LogP contribution >= 0.6 is 0 Å². The molecule has 0 radical (unpaired) electrons. The van der Waals surface area contributed by atoms with E-state index in [1.165, 1.54) is 0 Å². The van der Waals surface area contributed by atoms with Gasteiger partial charge in [-0.2, -0.15) is 0 Å². The van der Waals surface area contributed by atoms with E-state index in [1.807, 2.05) is 6.33 Å². The average molecular weight is 208 g/mol. The molecule has 1 aromatic heterocycles. The highest BCUT2D eigenvalue weighted by molar-refractivity contribution is 4.98. The van der Waals surface area contributed by atoms with Crippen molar-refractivity contribution in [2.45, 2.75) is 31.4 Å². The van der Waals surface area contributed by atoms with Crippen molar-refractivity contribution < 1.29 is 4.74 Å². The van der Waals surface area contributed by atoms with Crippen LogP contribution in [0.15, 0.2) is 6.33 Å². The first-order valence-electron chi connectivity index (χ1n) is 5.67. The first-order valence-corrected chi connectivity index (χ1v) is 5.67. The molecular weight excluding hydrogens is 192 g/mol. The summed E-state index contributed by atoms with van der Waals surface area (Å²) in [5.41, 5.74) is 0. The summed E-state index contributed by atoms with van der Waals surface area (Å²) in [6, 6.07) is 0.513. The van der Waals surface area contributed by atoms with Gasteiger partial charge in [-0.1, -0.05) is 0 Å². The van der Waals surface area contributed by atoms with Crippen molar-refractivity contribution in [1.29, 1.82) is 0 Å². The Balaban J connectivity index is 1.84. The monoisotopic (exact) mass is 208 g/mol. The van der Waals surface area contributed by atoms with E-state index in [4.69, 9.17) is 4.74 Å². The van der Waals surface area contributed by atoms with Gasteiger partial charge in [0.2, 0.25) is 0 Å². The van der Waals surface area contributed by atoms with E-state index < -0.39 is 0 Å². The van der Waals surface area contributed by atoms with E-state index in [0.717, 1.165) is 44.8 Å². The molecule has 2 atom stereocenters. The highest BCUT2D eigenvalue weighted by atomic mass is 16.5. The molecule has 0 spiro atoms. The molecule has 1 N–H and O–H groups in total. The SMILES string of the molecule is c1nnc(C2CCCO2)n1C1CCNC1. The minimum Gasteiger partial charge on any atom is -0.370 e. The van der Waals surface area contributed by atoms with Gasteiger partial charge in [0.05, 0.1) is 6.04 Å². The quantitative estimate of drug-likeness (QED) is 0.776. The minimum absolute atomic E-state index is 0.174. The standard InChI is InChI=1S/C10H16N4O/c1-2-9(15-5-1)10-13-12-7-14(10)8-3-4-11-6-8/h7-9,11H,1-6H2. The third kappa shape index (κ3) is 1.66. The second-order valence-corrected chi connectivity index (χ2v) is 4.24. The summed E-state index contributed by atoms with van der Waals surface area (Å²) in [6.45, 7) is 2.98. The second kappa shape index (κ2) is 3.90. The zero-order valence-electron chi connectivity index (χ0n) is 8.72. The van der Waals surface area contributed by atoms with Gasteiger partial charge in [-0.05, 0) is 25.8 Å². The molecule has 0 aromatic carbocycles. The summed E-state index contributed by atoms with van der Waals surface area (Å²) < 4.78 is 7.84. The summed E-state index contributed by atoms with van der Waals surface area (Å²) in [6.07, 6.45) is 5.40. The van der Waals surface area contributed by atoms with Crippen LogP contribution in [0.3, 0.4) is 0 Å². The highest BCUT2D eigenvalue weighted by Crippen LogP contribution is 2.29. The third-order valence-corrected chi connectivity index (χ3v) is 3.25. The van der Waals surface area contributed by atoms with Gasteiger partial charge < -0.3 is 14.6 Å². The van der Waals surface area contributed by atoms with E-state index in [0.29, 0.717) is 6.04 Å². The van der Waals surface area contributed by atoms with Crippen LogP contribution < -0.4 is 5.32 Å². The fraction of sp³-hybridized carbons (Fsp3) is 0.800. The highest BCUT2D eigenvalue weighted by Gasteiger charge is 2.27. The largest absolute Gasteiger partial charge is 0.370 e. The molecule has 2 unspecified atom stereocenters. The van der Waals surface area contributed by atoms with Gasteiger partial charge in [-0.3, -0.25) is 0 Å². The van der Waals surface area contributed by atoms with Crippen LogP contribution in [-0.2, 0) is 4.74 Å². The van der Waals surface area contributed by atoms with Crippen molar-refractivity contribution >= 4 is 0 Å². The summed E-state index contributed by atoms with van der Waals surface area (Å²) in [5.74, 6) is 1.02. The van der Waals surface area contributed by atoms with Gasteiger partial charge in [-0.25, -0.2) is 0 Å². The molecule has 2 saturated heterocycles. The summed E-state index contributed by atoms with van der Waals surface area (Å²) in [5, 5.41) is 11.6. The maximum Gasteiger partial charge on any atom is 0.162 e. The zero-order chi connectivity index (χ0) is 10.1. The lowest BCUT2D eigenvalue weighted by Crippen LogP contribution is -2.16. The number of hydrogen-bond acceptors (Lipinski definition) is 4. The number of hydrogen-bond donors (Lipinski definition) is 1. The Morgan fingerprint density at radius 3 is 3.20 bits per heavy atom. The topological polar surface area (TPSA) is 52.0 Å². The lowest BCUT2D eigenvalue weighted by molar-refractivity contribution is 0.100. The van der Waals surface area contributed by atoms with Crippen LogP contribution in [0.5, 0.6) is 0 Å². The van der Waals surface area contributed by atoms with E-state index >= 15 is 0 Å². The number of nitrogens with one attached hydrogen (secondary N) is 1. The smallest absolute Gasteiger partial charge is 0.162 e. The Bertz CT molecular complexity index is 295. The van der Waals surface area contributed by atoms with Gasteiger partial charge in [0, 0.05) is 13.2 Å². The molecule has 0 aliphatic carbocycles. The van der Waals surface area contributed by atoms with Crippen LogP contribution in [0.1, 0.15) is 37.2 Å². The predicted octanol–water partition coefficient (Wildman–Crippen LogP) is 0.664. The lowest BCUT2D eigenvalue weighted by atomic mass is 10.2. The maximum absolute atomic E-state index is 5.65. The minimum atomic E-state index is 0.174. The van der Waals surface area contributed by atoms with Gasteiger partial charge in [0.1, 0.15) is 12.4 Å². The number of ether oxygens (including phenoxy) is 1. The predicted molar refractivity (Wildman–Crippen MR) is 54.5 cm³/mol. The molecule has 5 nitrogen and oxygen atoms in total. The van der Waals surface area contributed by atoms with Crippen molar-refractivity contribution in [3.8, 4) is 0 Å². The van der Waals surface area contributed by atoms with Crippen LogP contribution in [-0.4, -0.2) is 34.5 Å². The number of aromatic nitrogens is 3. The van der Waals surface area contributed by atoms with E-state index in [-0.39, 0.29) is 6.10 Å². The fourth-order valence-electron chi connectivity index (χ4n) is 2.42. The Morgan fingerprint density at radius 1 is 1.47 bits per heavy atom. The van der Waals surface area contributed by atoms with E-state index in [2.05, 4.69) is 20.1 Å². The molecular formula is C10H16N4O. The van der Waals surface area contributed by atoms with Gasteiger partial charge in [-0.15, -0.1) is 10.2 Å². The van der Waals surface area contributed by atoms with Crippen molar-refractivity contribution in [3.05, 3.63) is 12.2 Å². The maximum atomic E-state index is 5.65. The van der Waals surface area contributed by atoms with Crippen molar-refractivity contribution in [3.63, 3.8) is 0 Å². The molecule has 2 aliphatic heterocycles. The van der Waals surface area contributed by atoms with Crippen LogP contribution in [0.4, 0.5) is 0 Å².